The lowest BCUT2D eigenvalue weighted by molar-refractivity contribution is -0.122. The van der Waals surface area contributed by atoms with Crippen molar-refractivity contribution >= 4 is 33.7 Å². The number of carbonyl (C=O) groups is 1. The number of hydrogen-bond donors (Lipinski definition) is 3. The predicted octanol–water partition coefficient (Wildman–Crippen LogP) is 5.36. The number of rotatable bonds is 5. The second kappa shape index (κ2) is 8.63. The number of nitrogens with one attached hydrogen (secondary N) is 3. The maximum Gasteiger partial charge on any atom is 0.227 e. The lowest BCUT2D eigenvalue weighted by atomic mass is 9.85. The maximum atomic E-state index is 12.4. The lowest BCUT2D eigenvalue weighted by Crippen LogP contribution is -2.28. The molecule has 0 atom stereocenters. The van der Waals surface area contributed by atoms with Gasteiger partial charge in [0.1, 0.15) is 11.5 Å². The zero-order chi connectivity index (χ0) is 24.8. The zero-order valence-electron chi connectivity index (χ0n) is 19.8. The third-order valence-corrected chi connectivity index (χ3v) is 6.97. The molecule has 9 nitrogen and oxygen atoms in total. The highest BCUT2D eigenvalue weighted by Gasteiger charge is 2.25. The number of nitrogens with zero attached hydrogens (tertiary/aromatic N) is 5. The van der Waals surface area contributed by atoms with Crippen molar-refractivity contribution in [2.45, 2.75) is 19.3 Å². The average Bonchev–Trinajstić information content (AvgIpc) is 3.52. The number of fused-ring (bicyclic) bond motifs is 2. The molecule has 1 saturated carbocycles. The molecule has 0 aromatic carbocycles. The van der Waals surface area contributed by atoms with Crippen molar-refractivity contribution in [3.05, 3.63) is 73.8 Å². The standard InChI is InChI=1S/C28H22N8O/c37-28(16-3-1-4-16)34-20-7-18(10-30-12-20)19-8-21-23(14-33-26(21)32-11-19)27-35-24-15-31-13-22(25(24)36-27)17-5-2-6-29-9-17/h2,5-16H,1,3-4H2,(H,32,33)(H,34,37)(H,35,36). The number of pyridine rings is 4. The van der Waals surface area contributed by atoms with Crippen molar-refractivity contribution in [3.63, 3.8) is 0 Å². The molecule has 37 heavy (non-hydrogen) atoms. The average molecular weight is 487 g/mol. The van der Waals surface area contributed by atoms with E-state index in [1.54, 1.807) is 31.0 Å². The molecule has 6 heterocycles. The van der Waals surface area contributed by atoms with E-state index in [4.69, 9.17) is 4.98 Å². The van der Waals surface area contributed by atoms with Crippen LogP contribution in [0.3, 0.4) is 0 Å². The van der Waals surface area contributed by atoms with Gasteiger partial charge in [0.2, 0.25) is 5.91 Å². The highest BCUT2D eigenvalue weighted by atomic mass is 16.1. The third-order valence-electron chi connectivity index (χ3n) is 6.97. The van der Waals surface area contributed by atoms with E-state index in [2.05, 4.69) is 41.3 Å². The Morgan fingerprint density at radius 2 is 1.78 bits per heavy atom. The summed E-state index contributed by atoms with van der Waals surface area (Å²) in [5.74, 6) is 0.900. The van der Waals surface area contributed by atoms with E-state index in [-0.39, 0.29) is 11.8 Å². The van der Waals surface area contributed by atoms with E-state index >= 15 is 0 Å². The molecule has 0 bridgehead atoms. The topological polar surface area (TPSA) is 125 Å². The molecule has 6 aromatic rings. The molecule has 0 saturated heterocycles. The minimum atomic E-state index is 0.0664. The Morgan fingerprint density at radius 3 is 2.62 bits per heavy atom. The Labute approximate surface area is 211 Å². The van der Waals surface area contributed by atoms with Crippen molar-refractivity contribution < 1.29 is 4.79 Å². The highest BCUT2D eigenvalue weighted by molar-refractivity contribution is 5.98. The van der Waals surface area contributed by atoms with Gasteiger partial charge in [-0.15, -0.1) is 0 Å². The van der Waals surface area contributed by atoms with Crippen LogP contribution in [0.1, 0.15) is 19.3 Å². The summed E-state index contributed by atoms with van der Waals surface area (Å²) in [6.45, 7) is 0. The Bertz CT molecular complexity index is 1770. The normalized spacial score (nSPS) is 13.6. The molecule has 1 amide bonds. The van der Waals surface area contributed by atoms with E-state index in [0.29, 0.717) is 5.69 Å². The molecule has 7 rings (SSSR count). The van der Waals surface area contributed by atoms with Crippen LogP contribution in [0.2, 0.25) is 0 Å². The van der Waals surface area contributed by atoms with Crippen molar-refractivity contribution in [1.82, 2.24) is 34.9 Å². The number of carbonyl (C=O) groups excluding carboxylic acids is 1. The Morgan fingerprint density at radius 1 is 0.919 bits per heavy atom. The number of aromatic nitrogens is 7. The first-order valence-corrected chi connectivity index (χ1v) is 12.2. The fraction of sp³-hybridized carbons (Fsp3) is 0.143. The summed E-state index contributed by atoms with van der Waals surface area (Å²) < 4.78 is 0. The summed E-state index contributed by atoms with van der Waals surface area (Å²) in [5, 5.41) is 3.93. The maximum absolute atomic E-state index is 12.4. The molecule has 1 fully saturated rings. The third kappa shape index (κ3) is 3.81. The fourth-order valence-electron chi connectivity index (χ4n) is 4.73. The first-order valence-electron chi connectivity index (χ1n) is 12.2. The Kier molecular flexibility index (Phi) is 4.99. The smallest absolute Gasteiger partial charge is 0.227 e. The molecule has 180 valence electrons. The molecular weight excluding hydrogens is 464 g/mol. The number of amides is 1. The molecule has 1 aliphatic carbocycles. The van der Waals surface area contributed by atoms with E-state index in [1.807, 2.05) is 36.8 Å². The van der Waals surface area contributed by atoms with Crippen LogP contribution < -0.4 is 5.32 Å². The second-order valence-electron chi connectivity index (χ2n) is 9.31. The Balaban J connectivity index is 1.26. The highest BCUT2D eigenvalue weighted by Crippen LogP contribution is 2.33. The summed E-state index contributed by atoms with van der Waals surface area (Å²) in [4.78, 5) is 41.6. The van der Waals surface area contributed by atoms with Gasteiger partial charge < -0.3 is 15.3 Å². The molecule has 0 unspecified atom stereocenters. The van der Waals surface area contributed by atoms with Crippen molar-refractivity contribution in [2.75, 3.05) is 5.32 Å². The van der Waals surface area contributed by atoms with Gasteiger partial charge in [0.05, 0.1) is 29.1 Å². The molecule has 1 aliphatic rings. The van der Waals surface area contributed by atoms with Crippen LogP contribution in [0.15, 0.2) is 73.8 Å². The molecule has 0 radical (unpaired) electrons. The largest absolute Gasteiger partial charge is 0.345 e. The number of anilines is 1. The number of imidazole rings is 1. The van der Waals surface area contributed by atoms with Crippen LogP contribution >= 0.6 is 0 Å². The van der Waals surface area contributed by atoms with Crippen molar-refractivity contribution in [2.24, 2.45) is 5.92 Å². The van der Waals surface area contributed by atoms with Crippen LogP contribution in [0.5, 0.6) is 0 Å². The van der Waals surface area contributed by atoms with Crippen LogP contribution in [0.25, 0.3) is 55.7 Å². The minimum absolute atomic E-state index is 0.0664. The van der Waals surface area contributed by atoms with Gasteiger partial charge in [-0.3, -0.25) is 19.7 Å². The van der Waals surface area contributed by atoms with Gasteiger partial charge in [-0.05, 0) is 31.0 Å². The first-order chi connectivity index (χ1) is 18.2. The van der Waals surface area contributed by atoms with Gasteiger partial charge in [0, 0.05) is 76.3 Å². The molecule has 9 heteroatoms. The zero-order valence-corrected chi connectivity index (χ0v) is 19.8. The van der Waals surface area contributed by atoms with Crippen LogP contribution in [0, 0.1) is 5.92 Å². The van der Waals surface area contributed by atoms with Gasteiger partial charge in [0.15, 0.2) is 0 Å². The fourth-order valence-corrected chi connectivity index (χ4v) is 4.73. The van der Waals surface area contributed by atoms with E-state index in [9.17, 15) is 4.79 Å². The van der Waals surface area contributed by atoms with E-state index in [0.717, 1.165) is 75.0 Å². The second-order valence-corrected chi connectivity index (χ2v) is 9.31. The van der Waals surface area contributed by atoms with E-state index in [1.165, 1.54) is 0 Å². The van der Waals surface area contributed by atoms with E-state index < -0.39 is 0 Å². The SMILES string of the molecule is O=C(Nc1cncc(-c2cnc3[nH]cc(-c4nc5c(-c6cccnc6)cncc5[nH]4)c3c2)c1)C1CCC1. The summed E-state index contributed by atoms with van der Waals surface area (Å²) in [6.07, 6.45) is 17.3. The molecule has 0 spiro atoms. The van der Waals surface area contributed by atoms with Crippen LogP contribution in [0.4, 0.5) is 5.69 Å². The Hall–Kier alpha value is -4.92. The van der Waals surface area contributed by atoms with Gasteiger partial charge in [0.25, 0.3) is 0 Å². The summed E-state index contributed by atoms with van der Waals surface area (Å²) in [5.41, 5.74) is 7.67. The first kappa shape index (κ1) is 21.4. The van der Waals surface area contributed by atoms with Gasteiger partial charge >= 0.3 is 0 Å². The quantitative estimate of drug-likeness (QED) is 0.301. The lowest BCUT2D eigenvalue weighted by Gasteiger charge is -2.24. The molecule has 0 aliphatic heterocycles. The van der Waals surface area contributed by atoms with Gasteiger partial charge in [-0.2, -0.15) is 0 Å². The van der Waals surface area contributed by atoms with Crippen molar-refractivity contribution in [1.29, 1.82) is 0 Å². The molecular formula is C28H22N8O. The molecule has 6 aromatic heterocycles. The van der Waals surface area contributed by atoms with Gasteiger partial charge in [-0.25, -0.2) is 9.97 Å². The van der Waals surface area contributed by atoms with Crippen LogP contribution in [-0.4, -0.2) is 40.8 Å². The monoisotopic (exact) mass is 486 g/mol. The summed E-state index contributed by atoms with van der Waals surface area (Å²) >= 11 is 0. The predicted molar refractivity (Wildman–Crippen MR) is 141 cm³/mol. The number of aromatic amines is 2. The number of H-pyrrole nitrogens is 2. The van der Waals surface area contributed by atoms with Crippen LogP contribution in [-0.2, 0) is 4.79 Å². The molecule has 3 N–H and O–H groups in total. The summed E-state index contributed by atoms with van der Waals surface area (Å²) in [7, 11) is 0. The minimum Gasteiger partial charge on any atom is -0.345 e. The summed E-state index contributed by atoms with van der Waals surface area (Å²) in [6, 6.07) is 7.90. The van der Waals surface area contributed by atoms with Gasteiger partial charge in [-0.1, -0.05) is 12.5 Å². The number of hydrogen-bond acceptors (Lipinski definition) is 6. The van der Waals surface area contributed by atoms with Crippen molar-refractivity contribution in [3.8, 4) is 33.6 Å².